The van der Waals surface area contributed by atoms with E-state index in [1.807, 2.05) is 56.3 Å². The minimum absolute atomic E-state index is 0.0152. The van der Waals surface area contributed by atoms with E-state index < -0.39 is 17.7 Å². The molecule has 7 nitrogen and oxygen atoms in total. The minimum Gasteiger partial charge on any atom is -0.507 e. The summed E-state index contributed by atoms with van der Waals surface area (Å²) < 4.78 is 11.0. The molecule has 190 valence electrons. The van der Waals surface area contributed by atoms with Gasteiger partial charge < -0.3 is 19.5 Å². The molecule has 1 saturated heterocycles. The molecule has 5 rings (SSSR count). The molecule has 3 aromatic rings. The standard InChI is InChI=1S/C29H27ClN2O5/c1-16-13-19-14-18(7-11-23(19)37-16)27(33)25-26(17-5-8-20(9-6-17)31(2)3)32(29(35)28(25)34)21-10-12-24(36-4)22(30)15-21/h5-12,14-16,26,33H,13H2,1-4H3/b27-25-. The number of aliphatic hydroxyl groups is 1. The fraction of sp³-hybridized carbons (Fsp3) is 0.241. The average molecular weight is 519 g/mol. The second-order valence-corrected chi connectivity index (χ2v) is 9.84. The first kappa shape index (κ1) is 24.7. The number of aliphatic hydroxyl groups excluding tert-OH is 1. The van der Waals surface area contributed by atoms with Crippen molar-refractivity contribution in [3.63, 3.8) is 0 Å². The quantitative estimate of drug-likeness (QED) is 0.278. The first-order valence-corrected chi connectivity index (χ1v) is 12.3. The maximum atomic E-state index is 13.5. The molecule has 0 aromatic heterocycles. The number of ketones is 1. The van der Waals surface area contributed by atoms with Crippen LogP contribution in [0.3, 0.4) is 0 Å². The van der Waals surface area contributed by atoms with Gasteiger partial charge in [0.15, 0.2) is 0 Å². The summed E-state index contributed by atoms with van der Waals surface area (Å²) in [4.78, 5) is 30.2. The summed E-state index contributed by atoms with van der Waals surface area (Å²) in [6, 6.07) is 16.9. The van der Waals surface area contributed by atoms with Crippen LogP contribution in [0.1, 0.15) is 29.7 Å². The number of hydrogen-bond acceptors (Lipinski definition) is 6. The fourth-order valence-electron chi connectivity index (χ4n) is 4.90. The zero-order valence-electron chi connectivity index (χ0n) is 21.0. The molecule has 2 unspecified atom stereocenters. The van der Waals surface area contributed by atoms with Crippen LogP contribution >= 0.6 is 11.6 Å². The Labute approximate surface area is 220 Å². The minimum atomic E-state index is -0.857. The number of halogens is 1. The average Bonchev–Trinajstić information content (AvgIpc) is 3.38. The summed E-state index contributed by atoms with van der Waals surface area (Å²) in [6.07, 6.45) is 0.734. The molecule has 0 radical (unpaired) electrons. The molecule has 37 heavy (non-hydrogen) atoms. The molecule has 8 heteroatoms. The maximum Gasteiger partial charge on any atom is 0.300 e. The highest BCUT2D eigenvalue weighted by Gasteiger charge is 2.47. The van der Waals surface area contributed by atoms with E-state index in [2.05, 4.69) is 0 Å². The molecule has 3 aromatic carbocycles. The van der Waals surface area contributed by atoms with E-state index in [9.17, 15) is 14.7 Å². The fourth-order valence-corrected chi connectivity index (χ4v) is 5.15. The third-order valence-electron chi connectivity index (χ3n) is 6.75. The van der Waals surface area contributed by atoms with E-state index in [0.717, 1.165) is 17.0 Å². The Kier molecular flexibility index (Phi) is 6.33. The number of fused-ring (bicyclic) bond motifs is 1. The van der Waals surface area contributed by atoms with Crippen molar-refractivity contribution in [2.75, 3.05) is 31.0 Å². The second kappa shape index (κ2) is 9.48. The van der Waals surface area contributed by atoms with Crippen LogP contribution in [-0.2, 0) is 16.0 Å². The Morgan fingerprint density at radius 1 is 1.08 bits per heavy atom. The highest BCUT2D eigenvalue weighted by Crippen LogP contribution is 2.44. The number of benzene rings is 3. The summed E-state index contributed by atoms with van der Waals surface area (Å²) in [6.45, 7) is 1.97. The lowest BCUT2D eigenvalue weighted by atomic mass is 9.94. The highest BCUT2D eigenvalue weighted by atomic mass is 35.5. The number of methoxy groups -OCH3 is 1. The summed E-state index contributed by atoms with van der Waals surface area (Å²) in [5.41, 5.74) is 3.47. The van der Waals surface area contributed by atoms with Crippen LogP contribution in [0.4, 0.5) is 11.4 Å². The van der Waals surface area contributed by atoms with Crippen LogP contribution in [-0.4, -0.2) is 44.1 Å². The lowest BCUT2D eigenvalue weighted by Gasteiger charge is -2.26. The monoisotopic (exact) mass is 518 g/mol. The maximum absolute atomic E-state index is 13.5. The number of carbonyl (C=O) groups is 2. The van der Waals surface area contributed by atoms with Crippen LogP contribution in [0.15, 0.2) is 66.2 Å². The Bertz CT molecular complexity index is 1430. The topological polar surface area (TPSA) is 79.3 Å². The van der Waals surface area contributed by atoms with Gasteiger partial charge in [-0.1, -0.05) is 23.7 Å². The molecule has 1 amide bonds. The van der Waals surface area contributed by atoms with Gasteiger partial charge in [-0.3, -0.25) is 14.5 Å². The van der Waals surface area contributed by atoms with E-state index in [-0.39, 0.29) is 17.4 Å². The molecular formula is C29H27ClN2O5. The van der Waals surface area contributed by atoms with Crippen molar-refractivity contribution in [1.82, 2.24) is 0 Å². The molecule has 0 aliphatic carbocycles. The van der Waals surface area contributed by atoms with Crippen molar-refractivity contribution in [3.8, 4) is 11.5 Å². The molecule has 1 N–H and O–H groups in total. The third-order valence-corrected chi connectivity index (χ3v) is 7.05. The van der Waals surface area contributed by atoms with Crippen LogP contribution in [0, 0.1) is 0 Å². The van der Waals surface area contributed by atoms with E-state index in [4.69, 9.17) is 21.1 Å². The van der Waals surface area contributed by atoms with Gasteiger partial charge in [-0.25, -0.2) is 0 Å². The van der Waals surface area contributed by atoms with Gasteiger partial charge >= 0.3 is 0 Å². The van der Waals surface area contributed by atoms with Gasteiger partial charge in [0, 0.05) is 37.5 Å². The van der Waals surface area contributed by atoms with E-state index in [0.29, 0.717) is 34.0 Å². The lowest BCUT2D eigenvalue weighted by molar-refractivity contribution is -0.132. The van der Waals surface area contributed by atoms with Crippen molar-refractivity contribution >= 4 is 40.4 Å². The molecule has 0 bridgehead atoms. The van der Waals surface area contributed by atoms with E-state index >= 15 is 0 Å². The lowest BCUT2D eigenvalue weighted by Crippen LogP contribution is -2.29. The summed E-state index contributed by atoms with van der Waals surface area (Å²) in [5.74, 6) is -0.542. The number of ether oxygens (including phenoxy) is 2. The number of carbonyl (C=O) groups excluding carboxylic acids is 2. The van der Waals surface area contributed by atoms with Crippen molar-refractivity contribution in [2.24, 2.45) is 0 Å². The Hall–Kier alpha value is -3.97. The molecule has 2 atom stereocenters. The smallest absolute Gasteiger partial charge is 0.300 e. The highest BCUT2D eigenvalue weighted by molar-refractivity contribution is 6.51. The predicted octanol–water partition coefficient (Wildman–Crippen LogP) is 5.36. The van der Waals surface area contributed by atoms with Crippen LogP contribution in [0.25, 0.3) is 5.76 Å². The normalized spacial score (nSPS) is 20.1. The molecular weight excluding hydrogens is 492 g/mol. The number of hydrogen-bond donors (Lipinski definition) is 1. The summed E-state index contributed by atoms with van der Waals surface area (Å²) in [7, 11) is 5.36. The number of anilines is 2. The summed E-state index contributed by atoms with van der Waals surface area (Å²) in [5, 5.41) is 11.8. The SMILES string of the molecule is COc1ccc(N2C(=O)C(=O)/C(=C(\O)c3ccc4c(c3)CC(C)O4)C2c2ccc(N(C)C)cc2)cc1Cl. The first-order chi connectivity index (χ1) is 17.7. The van der Waals surface area contributed by atoms with Crippen molar-refractivity contribution < 1.29 is 24.2 Å². The number of rotatable bonds is 5. The second-order valence-electron chi connectivity index (χ2n) is 9.43. The number of nitrogens with zero attached hydrogens (tertiary/aromatic N) is 2. The predicted molar refractivity (Wildman–Crippen MR) is 144 cm³/mol. The number of Topliss-reactive ketones (excluding diaryl/α,β-unsaturated/α-hetero) is 1. The third kappa shape index (κ3) is 4.29. The molecule has 0 saturated carbocycles. The van der Waals surface area contributed by atoms with Gasteiger partial charge in [-0.05, 0) is 66.6 Å². The molecule has 2 aliphatic heterocycles. The Balaban J connectivity index is 1.68. The first-order valence-electron chi connectivity index (χ1n) is 11.9. The van der Waals surface area contributed by atoms with Crippen LogP contribution in [0.2, 0.25) is 5.02 Å². The molecule has 2 heterocycles. The van der Waals surface area contributed by atoms with Crippen molar-refractivity contribution in [3.05, 3.63) is 87.9 Å². The Morgan fingerprint density at radius 3 is 2.46 bits per heavy atom. The van der Waals surface area contributed by atoms with Crippen LogP contribution in [0.5, 0.6) is 11.5 Å². The van der Waals surface area contributed by atoms with Crippen LogP contribution < -0.4 is 19.3 Å². The van der Waals surface area contributed by atoms with Gasteiger partial charge in [0.1, 0.15) is 23.4 Å². The zero-order valence-corrected chi connectivity index (χ0v) is 21.7. The van der Waals surface area contributed by atoms with E-state index in [1.165, 1.54) is 12.0 Å². The van der Waals surface area contributed by atoms with Gasteiger partial charge in [0.2, 0.25) is 0 Å². The summed E-state index contributed by atoms with van der Waals surface area (Å²) >= 11 is 6.38. The van der Waals surface area contributed by atoms with Gasteiger partial charge in [-0.15, -0.1) is 0 Å². The zero-order chi connectivity index (χ0) is 26.4. The van der Waals surface area contributed by atoms with E-state index in [1.54, 1.807) is 30.3 Å². The Morgan fingerprint density at radius 2 is 1.81 bits per heavy atom. The molecule has 1 fully saturated rings. The number of amides is 1. The molecule has 2 aliphatic rings. The van der Waals surface area contributed by atoms with Crippen molar-refractivity contribution in [1.29, 1.82) is 0 Å². The largest absolute Gasteiger partial charge is 0.507 e. The van der Waals surface area contributed by atoms with Crippen molar-refractivity contribution in [2.45, 2.75) is 25.5 Å². The molecule has 0 spiro atoms. The van der Waals surface area contributed by atoms with Gasteiger partial charge in [0.25, 0.3) is 11.7 Å². The van der Waals surface area contributed by atoms with Gasteiger partial charge in [0.05, 0.1) is 23.7 Å². The van der Waals surface area contributed by atoms with Gasteiger partial charge in [-0.2, -0.15) is 0 Å².